The molecule has 4 aliphatic rings. The summed E-state index contributed by atoms with van der Waals surface area (Å²) in [6.45, 7) is 8.00. The number of nitrogens with one attached hydrogen (secondary N) is 1. The fourth-order valence-electron chi connectivity index (χ4n) is 6.52. The lowest BCUT2D eigenvalue weighted by Gasteiger charge is -2.40. The molecular formula is C28H36FN5O4. The van der Waals surface area contributed by atoms with Gasteiger partial charge in [0.05, 0.1) is 18.2 Å². The number of halogens is 1. The van der Waals surface area contributed by atoms with Gasteiger partial charge in [0.25, 0.3) is 0 Å². The van der Waals surface area contributed by atoms with Crippen LogP contribution in [0.2, 0.25) is 0 Å². The van der Waals surface area contributed by atoms with Crippen molar-refractivity contribution in [1.82, 2.24) is 20.0 Å². The number of piperidine rings is 1. The van der Waals surface area contributed by atoms with Gasteiger partial charge in [-0.1, -0.05) is 19.1 Å². The van der Waals surface area contributed by atoms with E-state index in [9.17, 15) is 24.0 Å². The van der Waals surface area contributed by atoms with E-state index in [1.165, 1.54) is 12.1 Å². The SMILES string of the molecule is CC[C@@H](c1ccc(F)cc1)N1C(=O)[C@@H]2C[C@H]1CN2C[C@H](NC(=O)OC(C)(C)C)C(=O)N1[C@H](C#N)C[C@@H]2C[C@@H]21. The Balaban J connectivity index is 1.32. The van der Waals surface area contributed by atoms with Crippen molar-refractivity contribution in [2.75, 3.05) is 13.1 Å². The molecular weight excluding hydrogens is 489 g/mol. The zero-order valence-electron chi connectivity index (χ0n) is 22.4. The first kappa shape index (κ1) is 26.4. The second kappa shape index (κ2) is 9.84. The number of benzene rings is 1. The number of hydrogen-bond acceptors (Lipinski definition) is 6. The largest absolute Gasteiger partial charge is 0.444 e. The maximum absolute atomic E-state index is 13.7. The number of likely N-dealkylation sites (tertiary alicyclic amines) is 3. The minimum atomic E-state index is -0.931. The smallest absolute Gasteiger partial charge is 0.408 e. The maximum Gasteiger partial charge on any atom is 0.408 e. The minimum Gasteiger partial charge on any atom is -0.444 e. The van der Waals surface area contributed by atoms with Gasteiger partial charge in [-0.25, -0.2) is 9.18 Å². The number of piperazine rings is 1. The lowest BCUT2D eigenvalue weighted by molar-refractivity contribution is -0.142. The van der Waals surface area contributed by atoms with Crippen LogP contribution in [0.3, 0.4) is 0 Å². The molecule has 10 heteroatoms. The molecule has 9 nitrogen and oxygen atoms in total. The van der Waals surface area contributed by atoms with E-state index < -0.39 is 29.8 Å². The van der Waals surface area contributed by atoms with Crippen LogP contribution >= 0.6 is 0 Å². The summed E-state index contributed by atoms with van der Waals surface area (Å²) in [6, 6.07) is 6.56. The summed E-state index contributed by atoms with van der Waals surface area (Å²) in [5.74, 6) is -0.274. The fraction of sp³-hybridized carbons (Fsp3) is 0.643. The monoisotopic (exact) mass is 525 g/mol. The topological polar surface area (TPSA) is 106 Å². The molecule has 4 fully saturated rings. The van der Waals surface area contributed by atoms with Gasteiger partial charge in [0.2, 0.25) is 11.8 Å². The molecule has 204 valence electrons. The van der Waals surface area contributed by atoms with E-state index in [0.717, 1.165) is 12.0 Å². The first-order chi connectivity index (χ1) is 18.0. The summed E-state index contributed by atoms with van der Waals surface area (Å²) in [4.78, 5) is 45.5. The third-order valence-corrected chi connectivity index (χ3v) is 8.21. The van der Waals surface area contributed by atoms with E-state index in [-0.39, 0.29) is 42.3 Å². The Bertz CT molecular complexity index is 1150. The number of carbonyl (C=O) groups is 3. The molecule has 1 aromatic carbocycles. The highest BCUT2D eigenvalue weighted by Crippen LogP contribution is 2.48. The third-order valence-electron chi connectivity index (χ3n) is 8.21. The van der Waals surface area contributed by atoms with Gasteiger partial charge >= 0.3 is 6.09 Å². The standard InChI is InChI=1S/C28H36FN5O4/c1-5-22(16-6-8-18(29)9-7-16)34-20-12-24(26(34)36)32(14-20)15-21(31-27(37)38-28(2,3)4)25(35)33-19(13-30)10-17-11-23(17)33/h6-9,17,19-24H,5,10-12,14-15H2,1-4H3,(H,31,37)/t17-,19+,20+,21+,22+,23+,24+/m1/s1. The third kappa shape index (κ3) is 4.96. The van der Waals surface area contributed by atoms with Gasteiger partial charge in [-0.3, -0.25) is 14.5 Å². The molecule has 0 radical (unpaired) electrons. The fourth-order valence-corrected chi connectivity index (χ4v) is 6.52. The summed E-state index contributed by atoms with van der Waals surface area (Å²) >= 11 is 0. The zero-order valence-corrected chi connectivity index (χ0v) is 22.4. The van der Waals surface area contributed by atoms with Crippen molar-refractivity contribution in [2.45, 2.75) is 95.2 Å². The highest BCUT2D eigenvalue weighted by atomic mass is 19.1. The van der Waals surface area contributed by atoms with Gasteiger partial charge < -0.3 is 19.9 Å². The van der Waals surface area contributed by atoms with Crippen LogP contribution in [0, 0.1) is 23.1 Å². The molecule has 1 saturated carbocycles. The Morgan fingerprint density at radius 1 is 1.21 bits per heavy atom. The number of rotatable bonds is 7. The van der Waals surface area contributed by atoms with E-state index in [2.05, 4.69) is 11.4 Å². The summed E-state index contributed by atoms with van der Waals surface area (Å²) < 4.78 is 18.9. The molecule has 1 N–H and O–H groups in total. The molecule has 5 rings (SSSR count). The van der Waals surface area contributed by atoms with E-state index >= 15 is 0 Å². The number of nitriles is 1. The Hall–Kier alpha value is -3.19. The van der Waals surface area contributed by atoms with Crippen molar-refractivity contribution in [3.05, 3.63) is 35.6 Å². The van der Waals surface area contributed by atoms with E-state index in [1.807, 2.05) is 16.7 Å². The van der Waals surface area contributed by atoms with Crippen LogP contribution in [-0.4, -0.2) is 81.5 Å². The van der Waals surface area contributed by atoms with Crippen molar-refractivity contribution in [2.24, 2.45) is 5.92 Å². The zero-order chi connectivity index (χ0) is 27.4. The molecule has 3 aliphatic heterocycles. The molecule has 7 atom stereocenters. The lowest BCUT2D eigenvalue weighted by Crippen LogP contribution is -2.59. The Morgan fingerprint density at radius 2 is 1.92 bits per heavy atom. The van der Waals surface area contributed by atoms with Crippen LogP contribution in [0.4, 0.5) is 9.18 Å². The predicted octanol–water partition coefficient (Wildman–Crippen LogP) is 2.97. The first-order valence-electron chi connectivity index (χ1n) is 13.5. The van der Waals surface area contributed by atoms with Crippen LogP contribution in [0.25, 0.3) is 0 Å². The number of hydrogen-bond donors (Lipinski definition) is 1. The number of fused-ring (bicyclic) bond motifs is 3. The van der Waals surface area contributed by atoms with Crippen LogP contribution in [0.15, 0.2) is 24.3 Å². The second-order valence-corrected chi connectivity index (χ2v) is 12.0. The molecule has 0 spiro atoms. The van der Waals surface area contributed by atoms with Gasteiger partial charge in [-0.15, -0.1) is 0 Å². The van der Waals surface area contributed by atoms with Crippen LogP contribution < -0.4 is 5.32 Å². The summed E-state index contributed by atoms with van der Waals surface area (Å²) in [7, 11) is 0. The number of carbonyl (C=O) groups excluding carboxylic acids is 3. The quantitative estimate of drug-likeness (QED) is 0.587. The molecule has 3 heterocycles. The average molecular weight is 526 g/mol. The number of alkyl carbamates (subject to hydrolysis) is 1. The van der Waals surface area contributed by atoms with Crippen LogP contribution in [0.1, 0.15) is 65.0 Å². The van der Waals surface area contributed by atoms with Crippen molar-refractivity contribution in [1.29, 1.82) is 5.26 Å². The number of nitrogens with zero attached hydrogens (tertiary/aromatic N) is 4. The molecule has 3 saturated heterocycles. The molecule has 2 bridgehead atoms. The average Bonchev–Trinajstić information content (AvgIpc) is 3.17. The first-order valence-corrected chi connectivity index (χ1v) is 13.5. The highest BCUT2D eigenvalue weighted by molar-refractivity contribution is 5.89. The highest BCUT2D eigenvalue weighted by Gasteiger charge is 2.56. The van der Waals surface area contributed by atoms with E-state index in [0.29, 0.717) is 31.7 Å². The molecule has 0 unspecified atom stereocenters. The molecule has 1 aromatic rings. The molecule has 1 aliphatic carbocycles. The van der Waals surface area contributed by atoms with Gasteiger partial charge in [0.1, 0.15) is 23.5 Å². The summed E-state index contributed by atoms with van der Waals surface area (Å²) in [6.07, 6.45) is 2.19. The normalized spacial score (nSPS) is 29.6. The second-order valence-electron chi connectivity index (χ2n) is 12.0. The summed E-state index contributed by atoms with van der Waals surface area (Å²) in [5.41, 5.74) is 0.164. The van der Waals surface area contributed by atoms with E-state index in [4.69, 9.17) is 4.74 Å². The van der Waals surface area contributed by atoms with Gasteiger partial charge in [0, 0.05) is 25.2 Å². The Morgan fingerprint density at radius 3 is 2.53 bits per heavy atom. The van der Waals surface area contributed by atoms with Crippen LogP contribution in [-0.2, 0) is 14.3 Å². The predicted molar refractivity (Wildman–Crippen MR) is 136 cm³/mol. The lowest BCUT2D eigenvalue weighted by atomic mass is 10.0. The minimum absolute atomic E-state index is 0.0146. The number of amides is 3. The van der Waals surface area contributed by atoms with E-state index in [1.54, 1.807) is 37.8 Å². The Labute approximate surface area is 222 Å². The van der Waals surface area contributed by atoms with Gasteiger partial charge in [-0.2, -0.15) is 5.26 Å². The van der Waals surface area contributed by atoms with Crippen LogP contribution in [0.5, 0.6) is 0 Å². The van der Waals surface area contributed by atoms with Crippen molar-refractivity contribution < 1.29 is 23.5 Å². The van der Waals surface area contributed by atoms with Gasteiger partial charge in [-0.05, 0) is 70.1 Å². The van der Waals surface area contributed by atoms with Crippen molar-refractivity contribution >= 4 is 17.9 Å². The summed E-state index contributed by atoms with van der Waals surface area (Å²) in [5, 5.41) is 12.4. The van der Waals surface area contributed by atoms with Crippen molar-refractivity contribution in [3.8, 4) is 6.07 Å². The Kier molecular flexibility index (Phi) is 6.84. The molecule has 3 amide bonds. The molecule has 0 aromatic heterocycles. The number of ether oxygens (including phenoxy) is 1. The van der Waals surface area contributed by atoms with Gasteiger partial charge in [0.15, 0.2) is 0 Å². The molecule has 38 heavy (non-hydrogen) atoms. The van der Waals surface area contributed by atoms with Crippen molar-refractivity contribution in [3.63, 3.8) is 0 Å². The maximum atomic E-state index is 13.7.